The molecule has 8 nitrogen and oxygen atoms in total. The van der Waals surface area contributed by atoms with E-state index in [1.807, 2.05) is 24.1 Å². The Balaban J connectivity index is 1.47. The Bertz CT molecular complexity index is 1300. The van der Waals surface area contributed by atoms with Crippen LogP contribution in [0.1, 0.15) is 46.9 Å². The number of aryl methyl sites for hydroxylation is 1. The molecule has 176 valence electrons. The van der Waals surface area contributed by atoms with Crippen molar-refractivity contribution in [2.75, 3.05) is 24.5 Å². The minimum absolute atomic E-state index is 0.147. The van der Waals surface area contributed by atoms with Gasteiger partial charge in [-0.3, -0.25) is 4.79 Å². The Hall–Kier alpha value is -3.22. The summed E-state index contributed by atoms with van der Waals surface area (Å²) in [5, 5.41) is 24.3. The summed E-state index contributed by atoms with van der Waals surface area (Å²) in [6, 6.07) is 7.54. The van der Waals surface area contributed by atoms with E-state index in [9.17, 15) is 19.6 Å². The number of likely N-dealkylation sites (tertiary alicyclic amines) is 1. The lowest BCUT2D eigenvalue weighted by Gasteiger charge is -2.35. The molecule has 3 aromatic rings. The van der Waals surface area contributed by atoms with E-state index < -0.39 is 17.8 Å². The van der Waals surface area contributed by atoms with Crippen molar-refractivity contribution in [2.24, 2.45) is 5.92 Å². The van der Waals surface area contributed by atoms with Gasteiger partial charge < -0.3 is 14.9 Å². The van der Waals surface area contributed by atoms with E-state index in [2.05, 4.69) is 6.07 Å². The lowest BCUT2D eigenvalue weighted by molar-refractivity contribution is 0.0605. The lowest BCUT2D eigenvalue weighted by Crippen LogP contribution is -2.38. The maximum atomic E-state index is 13.8. The van der Waals surface area contributed by atoms with Gasteiger partial charge in [-0.15, -0.1) is 0 Å². The fourth-order valence-corrected chi connectivity index (χ4v) is 5.09. The zero-order valence-corrected chi connectivity index (χ0v) is 19.4. The summed E-state index contributed by atoms with van der Waals surface area (Å²) < 4.78 is 15.5. The number of carbonyl (C=O) groups is 1. The largest absolute Gasteiger partial charge is 0.390 e. The summed E-state index contributed by atoms with van der Waals surface area (Å²) in [5.74, 6) is -0.565. The van der Waals surface area contributed by atoms with Crippen LogP contribution in [0.3, 0.4) is 0 Å². The maximum Gasteiger partial charge on any atom is 0.256 e. The summed E-state index contributed by atoms with van der Waals surface area (Å²) in [5.41, 5.74) is 2.34. The summed E-state index contributed by atoms with van der Waals surface area (Å²) >= 11 is 6.21. The first-order chi connectivity index (χ1) is 16.4. The van der Waals surface area contributed by atoms with Crippen LogP contribution < -0.4 is 4.90 Å². The molecule has 4 heterocycles. The Kier molecular flexibility index (Phi) is 5.88. The minimum Gasteiger partial charge on any atom is -0.390 e. The Morgan fingerprint density at radius 2 is 2.12 bits per heavy atom. The molecule has 34 heavy (non-hydrogen) atoms. The number of anilines is 1. The van der Waals surface area contributed by atoms with Crippen LogP contribution in [0.25, 0.3) is 5.65 Å². The number of nitriles is 1. The number of aliphatic hydroxyl groups excluding tert-OH is 1. The van der Waals surface area contributed by atoms with E-state index in [1.165, 1.54) is 18.2 Å². The van der Waals surface area contributed by atoms with Gasteiger partial charge in [0.2, 0.25) is 0 Å². The van der Waals surface area contributed by atoms with Gasteiger partial charge in [-0.25, -0.2) is 13.9 Å². The molecule has 0 saturated carbocycles. The van der Waals surface area contributed by atoms with Gasteiger partial charge in [0.05, 0.1) is 40.4 Å². The average Bonchev–Trinajstić information content (AvgIpc) is 3.42. The zero-order chi connectivity index (χ0) is 24.0. The van der Waals surface area contributed by atoms with Crippen LogP contribution in [0.4, 0.5) is 10.2 Å². The number of amides is 1. The summed E-state index contributed by atoms with van der Waals surface area (Å²) in [6.45, 7) is 3.21. The number of piperidine rings is 1. The fraction of sp³-hybridized carbons (Fsp3) is 0.417. The lowest BCUT2D eigenvalue weighted by atomic mass is 9.98. The third kappa shape index (κ3) is 3.97. The molecule has 0 unspecified atom stereocenters. The van der Waals surface area contributed by atoms with Crippen molar-refractivity contribution < 1.29 is 14.3 Å². The second-order valence-corrected chi connectivity index (χ2v) is 9.37. The highest BCUT2D eigenvalue weighted by molar-refractivity contribution is 6.33. The fourth-order valence-electron chi connectivity index (χ4n) is 4.89. The van der Waals surface area contributed by atoms with Gasteiger partial charge in [0.15, 0.2) is 5.65 Å². The van der Waals surface area contributed by atoms with E-state index in [0.29, 0.717) is 36.8 Å². The number of hydrogen-bond acceptors (Lipinski definition) is 6. The molecule has 1 aromatic carbocycles. The third-order valence-electron chi connectivity index (χ3n) is 6.64. The van der Waals surface area contributed by atoms with Crippen molar-refractivity contribution >= 4 is 29.0 Å². The number of aromatic nitrogens is 3. The highest BCUT2D eigenvalue weighted by Crippen LogP contribution is 2.34. The smallest absolute Gasteiger partial charge is 0.256 e. The van der Waals surface area contributed by atoms with E-state index in [-0.39, 0.29) is 22.5 Å². The van der Waals surface area contributed by atoms with Crippen molar-refractivity contribution in [3.8, 4) is 6.07 Å². The van der Waals surface area contributed by atoms with Gasteiger partial charge in [-0.2, -0.15) is 10.4 Å². The molecule has 1 amide bonds. The second kappa shape index (κ2) is 8.85. The number of halogens is 2. The van der Waals surface area contributed by atoms with Crippen LogP contribution in [0.5, 0.6) is 0 Å². The molecule has 0 bridgehead atoms. The number of hydrogen-bond donors (Lipinski definition) is 1. The first-order valence-electron chi connectivity index (χ1n) is 11.3. The van der Waals surface area contributed by atoms with Crippen molar-refractivity contribution in [3.05, 3.63) is 58.1 Å². The first-order valence-corrected chi connectivity index (χ1v) is 11.7. The van der Waals surface area contributed by atoms with Crippen LogP contribution in [-0.2, 0) is 0 Å². The van der Waals surface area contributed by atoms with Gasteiger partial charge in [0.25, 0.3) is 5.91 Å². The van der Waals surface area contributed by atoms with E-state index in [1.54, 1.807) is 9.42 Å². The Labute approximate surface area is 201 Å². The van der Waals surface area contributed by atoms with Crippen LogP contribution in [0.15, 0.2) is 30.5 Å². The molecule has 2 aromatic heterocycles. The standard InChI is InChI=1S/C24H24ClFN6O2/c1-14-11-32-22(28-23(14)30-12-15(10-27)21(33)13-30)9-19(29-32)20-4-2-3-7-31(20)24(34)17-8-16(26)5-6-18(17)25/h5-6,8-9,11,15,20-21,33H,2-4,7,12-13H2,1H3/t15-,20+,21+/m1/s1. The van der Waals surface area contributed by atoms with Gasteiger partial charge in [-0.05, 0) is 44.4 Å². The number of benzene rings is 1. The number of carbonyl (C=O) groups excluding carboxylic acids is 1. The first kappa shape index (κ1) is 22.6. The molecule has 3 atom stereocenters. The maximum absolute atomic E-state index is 13.8. The number of β-amino-alcohol motifs (C(OH)–C–C–N with tert-alkyl or cyclic N) is 1. The van der Waals surface area contributed by atoms with Gasteiger partial charge >= 0.3 is 0 Å². The molecule has 0 radical (unpaired) electrons. The highest BCUT2D eigenvalue weighted by atomic mass is 35.5. The molecule has 5 rings (SSSR count). The summed E-state index contributed by atoms with van der Waals surface area (Å²) in [6.07, 6.45) is 3.68. The summed E-state index contributed by atoms with van der Waals surface area (Å²) in [4.78, 5) is 21.7. The molecular weight excluding hydrogens is 459 g/mol. The molecular formula is C24H24ClFN6O2. The van der Waals surface area contributed by atoms with Crippen LogP contribution in [0, 0.1) is 30.0 Å². The van der Waals surface area contributed by atoms with Gasteiger partial charge in [-0.1, -0.05) is 11.6 Å². The Morgan fingerprint density at radius 3 is 2.88 bits per heavy atom. The SMILES string of the molecule is Cc1cn2nc([C@@H]3CCCCN3C(=O)c3cc(F)ccc3Cl)cc2nc1N1C[C@@H](C#N)[C@@H](O)C1. The molecule has 0 spiro atoms. The van der Waals surface area contributed by atoms with Crippen LogP contribution in [-0.4, -0.2) is 56.2 Å². The number of nitrogens with zero attached hydrogens (tertiary/aromatic N) is 6. The molecule has 1 N–H and O–H groups in total. The van der Waals surface area contributed by atoms with Crippen molar-refractivity contribution in [2.45, 2.75) is 38.3 Å². The number of fused-ring (bicyclic) bond motifs is 1. The molecule has 2 aliphatic heterocycles. The quantitative estimate of drug-likeness (QED) is 0.613. The van der Waals surface area contributed by atoms with Gasteiger partial charge in [0, 0.05) is 37.5 Å². The summed E-state index contributed by atoms with van der Waals surface area (Å²) in [7, 11) is 0. The van der Waals surface area contributed by atoms with E-state index >= 15 is 0 Å². The van der Waals surface area contributed by atoms with Crippen LogP contribution >= 0.6 is 11.6 Å². The molecule has 0 aliphatic carbocycles. The third-order valence-corrected chi connectivity index (χ3v) is 6.97. The topological polar surface area (TPSA) is 97.8 Å². The number of rotatable bonds is 3. The molecule has 10 heteroatoms. The Morgan fingerprint density at radius 1 is 1.29 bits per heavy atom. The average molecular weight is 483 g/mol. The molecule has 2 saturated heterocycles. The van der Waals surface area contributed by atoms with Gasteiger partial charge in [0.1, 0.15) is 11.6 Å². The minimum atomic E-state index is -0.709. The van der Waals surface area contributed by atoms with Crippen molar-refractivity contribution in [1.82, 2.24) is 19.5 Å². The monoisotopic (exact) mass is 482 g/mol. The van der Waals surface area contributed by atoms with E-state index in [0.717, 1.165) is 24.8 Å². The van der Waals surface area contributed by atoms with Crippen molar-refractivity contribution in [3.63, 3.8) is 0 Å². The van der Waals surface area contributed by atoms with E-state index in [4.69, 9.17) is 21.7 Å². The highest BCUT2D eigenvalue weighted by Gasteiger charge is 2.34. The predicted molar refractivity (Wildman–Crippen MR) is 124 cm³/mol. The normalized spacial score (nSPS) is 22.9. The zero-order valence-electron chi connectivity index (χ0n) is 18.7. The predicted octanol–water partition coefficient (Wildman–Crippen LogP) is 3.52. The molecule has 2 fully saturated rings. The molecule has 2 aliphatic rings. The van der Waals surface area contributed by atoms with Crippen molar-refractivity contribution in [1.29, 1.82) is 5.26 Å². The second-order valence-electron chi connectivity index (χ2n) is 8.96. The van der Waals surface area contributed by atoms with Crippen LogP contribution in [0.2, 0.25) is 5.02 Å². The number of aliphatic hydroxyl groups is 1.